The lowest BCUT2D eigenvalue weighted by Crippen LogP contribution is -2.26. The van der Waals surface area contributed by atoms with Crippen LogP contribution >= 0.6 is 11.1 Å². The van der Waals surface area contributed by atoms with Crippen molar-refractivity contribution >= 4 is 34.4 Å². The monoisotopic (exact) mass is 455 g/mol. The van der Waals surface area contributed by atoms with Gasteiger partial charge in [0, 0.05) is 22.8 Å². The summed E-state index contributed by atoms with van der Waals surface area (Å²) >= 11 is -1.79. The second-order valence-corrected chi connectivity index (χ2v) is 9.77. The van der Waals surface area contributed by atoms with E-state index in [1.54, 1.807) is 33.2 Å². The lowest BCUT2D eigenvalue weighted by atomic mass is 9.82. The molecule has 0 aliphatic rings. The van der Waals surface area contributed by atoms with Crippen LogP contribution in [0.5, 0.6) is 5.75 Å². The fourth-order valence-corrected chi connectivity index (χ4v) is 4.06. The van der Waals surface area contributed by atoms with Gasteiger partial charge in [0.1, 0.15) is 0 Å². The molecule has 8 nitrogen and oxygen atoms in total. The van der Waals surface area contributed by atoms with Crippen molar-refractivity contribution in [2.75, 3.05) is 24.7 Å². The summed E-state index contributed by atoms with van der Waals surface area (Å²) in [5, 5.41) is 17.2. The van der Waals surface area contributed by atoms with Crippen molar-refractivity contribution in [3.8, 4) is 5.75 Å². The molecule has 0 aliphatic carbocycles. The molecule has 1 heterocycles. The molecule has 0 spiro atoms. The van der Waals surface area contributed by atoms with Crippen LogP contribution in [-0.2, 0) is 0 Å². The Hall–Kier alpha value is -3.17. The third-order valence-electron chi connectivity index (χ3n) is 5.10. The Labute approximate surface area is 191 Å². The number of nitrogens with one attached hydrogen (secondary N) is 2. The van der Waals surface area contributed by atoms with Gasteiger partial charge in [0.05, 0.1) is 17.3 Å². The van der Waals surface area contributed by atoms with Crippen molar-refractivity contribution in [2.45, 2.75) is 33.7 Å². The predicted molar refractivity (Wildman–Crippen MR) is 127 cm³/mol. The van der Waals surface area contributed by atoms with Crippen molar-refractivity contribution in [1.82, 2.24) is 13.6 Å². The Bertz CT molecular complexity index is 1110. The van der Waals surface area contributed by atoms with E-state index < -0.39 is 11.1 Å². The maximum absolute atomic E-state index is 12.5. The standard InChI is InChI=1S/C23H29N5O3S/c1-14-12-13-16(18(29)17(14)22(30)28(5)6)24-20-21(27-32(31)26-20)25-19(23(2,3)4)15-10-8-7-9-11-15/h7-13,19,29H,1-6H3,(H,24,26)(H,25,27)/t19-,32?/m0/s1. The van der Waals surface area contributed by atoms with Crippen LogP contribution in [-0.4, -0.2) is 43.3 Å². The molecule has 32 heavy (non-hydrogen) atoms. The molecule has 3 N–H and O–H groups in total. The number of anilines is 3. The fraction of sp³-hybridized carbons (Fsp3) is 0.348. The minimum atomic E-state index is -1.79. The number of benzene rings is 2. The van der Waals surface area contributed by atoms with Crippen molar-refractivity contribution in [2.24, 2.45) is 5.41 Å². The minimum absolute atomic E-state index is 0.137. The van der Waals surface area contributed by atoms with E-state index in [0.717, 1.165) is 5.56 Å². The number of hydrogen-bond acceptors (Lipinski definition) is 7. The van der Waals surface area contributed by atoms with E-state index in [1.807, 2.05) is 30.3 Å². The SMILES string of the molecule is Cc1ccc(Nc2n[s+]([O-])nc2N[C@@H](c2ccccc2)C(C)(C)C)c(O)c1C(=O)N(C)C. The Balaban J connectivity index is 1.98. The summed E-state index contributed by atoms with van der Waals surface area (Å²) in [5.41, 5.74) is 1.99. The number of amides is 1. The smallest absolute Gasteiger partial charge is 0.257 e. The number of phenols is 1. The zero-order valence-electron chi connectivity index (χ0n) is 19.1. The van der Waals surface area contributed by atoms with E-state index in [1.165, 1.54) is 4.90 Å². The van der Waals surface area contributed by atoms with E-state index in [2.05, 4.69) is 40.2 Å². The van der Waals surface area contributed by atoms with E-state index in [9.17, 15) is 14.5 Å². The molecule has 0 fully saturated rings. The van der Waals surface area contributed by atoms with E-state index in [4.69, 9.17) is 0 Å². The number of carbonyl (C=O) groups excluding carboxylic acids is 1. The van der Waals surface area contributed by atoms with Gasteiger partial charge in [0.15, 0.2) is 16.9 Å². The number of phenolic OH excluding ortho intramolecular Hbond substituents is 1. The summed E-state index contributed by atoms with van der Waals surface area (Å²) in [6.07, 6.45) is 0. The first-order valence-corrected chi connectivity index (χ1v) is 11.3. The lowest BCUT2D eigenvalue weighted by molar-refractivity contribution is 0.0824. The molecule has 0 saturated heterocycles. The molecule has 1 amide bonds. The second-order valence-electron chi connectivity index (χ2n) is 8.94. The number of aromatic nitrogens is 2. The first kappa shape index (κ1) is 23.5. The van der Waals surface area contributed by atoms with Crippen LogP contribution in [0.25, 0.3) is 0 Å². The molecule has 1 unspecified atom stereocenters. The Morgan fingerprint density at radius 2 is 1.72 bits per heavy atom. The van der Waals surface area contributed by atoms with E-state index in [-0.39, 0.29) is 40.2 Å². The topological polar surface area (TPSA) is 113 Å². The molecule has 170 valence electrons. The molecule has 3 aromatic rings. The van der Waals surface area contributed by atoms with Gasteiger partial charge in [-0.25, -0.2) is 0 Å². The fourth-order valence-electron chi connectivity index (χ4n) is 3.44. The average molecular weight is 456 g/mol. The van der Waals surface area contributed by atoms with Gasteiger partial charge >= 0.3 is 0 Å². The number of carbonyl (C=O) groups is 1. The molecule has 0 saturated carbocycles. The van der Waals surface area contributed by atoms with Crippen LogP contribution in [0, 0.1) is 12.3 Å². The summed E-state index contributed by atoms with van der Waals surface area (Å²) < 4.78 is 20.4. The normalized spacial score (nSPS) is 12.9. The molecule has 9 heteroatoms. The number of aromatic hydroxyl groups is 1. The summed E-state index contributed by atoms with van der Waals surface area (Å²) in [6, 6.07) is 13.2. The van der Waals surface area contributed by atoms with Crippen LogP contribution in [0.4, 0.5) is 17.3 Å². The summed E-state index contributed by atoms with van der Waals surface area (Å²) in [4.78, 5) is 13.9. The van der Waals surface area contributed by atoms with Crippen molar-refractivity contribution in [1.29, 1.82) is 0 Å². The Morgan fingerprint density at radius 1 is 1.09 bits per heavy atom. The van der Waals surface area contributed by atoms with Crippen molar-refractivity contribution in [3.63, 3.8) is 0 Å². The first-order valence-electron chi connectivity index (χ1n) is 10.2. The number of hydrogen-bond donors (Lipinski definition) is 3. The van der Waals surface area contributed by atoms with Crippen LogP contribution < -0.4 is 10.6 Å². The van der Waals surface area contributed by atoms with Crippen LogP contribution in [0.1, 0.15) is 48.3 Å². The zero-order chi connectivity index (χ0) is 23.6. The molecular formula is C23H29N5O3S. The van der Waals surface area contributed by atoms with Gasteiger partial charge in [-0.1, -0.05) is 57.2 Å². The molecule has 0 bridgehead atoms. The van der Waals surface area contributed by atoms with Gasteiger partial charge in [-0.3, -0.25) is 4.79 Å². The molecule has 1 aromatic heterocycles. The summed E-state index contributed by atoms with van der Waals surface area (Å²) in [5.74, 6) is 0.0480. The third kappa shape index (κ3) is 5.00. The first-order chi connectivity index (χ1) is 15.0. The summed E-state index contributed by atoms with van der Waals surface area (Å²) in [7, 11) is 3.24. The van der Waals surface area contributed by atoms with Crippen LogP contribution in [0.15, 0.2) is 42.5 Å². The van der Waals surface area contributed by atoms with Gasteiger partial charge in [0.25, 0.3) is 5.91 Å². The number of nitrogens with zero attached hydrogens (tertiary/aromatic N) is 3. The highest BCUT2D eigenvalue weighted by Crippen LogP contribution is 2.39. The van der Waals surface area contributed by atoms with E-state index >= 15 is 0 Å². The zero-order valence-corrected chi connectivity index (χ0v) is 19.9. The summed E-state index contributed by atoms with van der Waals surface area (Å²) in [6.45, 7) is 8.04. The average Bonchev–Trinajstić information content (AvgIpc) is 3.06. The third-order valence-corrected chi connectivity index (χ3v) is 5.78. The number of aryl methyl sites for hydroxylation is 1. The highest BCUT2D eigenvalue weighted by molar-refractivity contribution is 7.14. The van der Waals surface area contributed by atoms with Crippen molar-refractivity contribution < 1.29 is 14.5 Å². The highest BCUT2D eigenvalue weighted by atomic mass is 32.2. The predicted octanol–water partition coefficient (Wildman–Crippen LogP) is 4.86. The molecule has 3 rings (SSSR count). The molecule has 0 radical (unpaired) electrons. The maximum Gasteiger partial charge on any atom is 0.257 e. The van der Waals surface area contributed by atoms with Crippen molar-refractivity contribution in [3.05, 3.63) is 59.2 Å². The van der Waals surface area contributed by atoms with Gasteiger partial charge in [-0.05, 0) is 29.5 Å². The maximum atomic E-state index is 12.5. The highest BCUT2D eigenvalue weighted by Gasteiger charge is 2.30. The molecule has 2 atom stereocenters. The van der Waals surface area contributed by atoms with Crippen LogP contribution in [0.3, 0.4) is 0 Å². The second kappa shape index (κ2) is 9.13. The largest absolute Gasteiger partial charge is 0.546 e. The quantitative estimate of drug-likeness (QED) is 0.359. The minimum Gasteiger partial charge on any atom is -0.546 e. The van der Waals surface area contributed by atoms with Gasteiger partial charge in [-0.2, -0.15) is 0 Å². The number of rotatable bonds is 6. The lowest BCUT2D eigenvalue weighted by Gasteiger charge is -2.31. The van der Waals surface area contributed by atoms with E-state index in [0.29, 0.717) is 11.4 Å². The Morgan fingerprint density at radius 3 is 2.31 bits per heavy atom. The molecular weight excluding hydrogens is 426 g/mol. The van der Waals surface area contributed by atoms with Gasteiger partial charge < -0.3 is 25.2 Å². The molecule has 0 aliphatic heterocycles. The Kier molecular flexibility index (Phi) is 6.71. The van der Waals surface area contributed by atoms with Gasteiger partial charge in [-0.15, -0.1) is 0 Å². The van der Waals surface area contributed by atoms with Gasteiger partial charge in [0.2, 0.25) is 11.6 Å². The van der Waals surface area contributed by atoms with Crippen LogP contribution in [0.2, 0.25) is 0 Å². The molecule has 2 aromatic carbocycles.